The molecule has 0 saturated carbocycles. The third-order valence-electron chi connectivity index (χ3n) is 4.90. The lowest BCUT2D eigenvalue weighted by molar-refractivity contribution is -0.123. The number of methoxy groups -OCH3 is 2. The van der Waals surface area contributed by atoms with E-state index >= 15 is 0 Å². The zero-order valence-electron chi connectivity index (χ0n) is 19.9. The molecule has 35 heavy (non-hydrogen) atoms. The molecule has 1 aromatic heterocycles. The molecule has 0 aliphatic heterocycles. The highest BCUT2D eigenvalue weighted by atomic mass is 32.1. The first-order chi connectivity index (χ1) is 16.9. The van der Waals surface area contributed by atoms with E-state index in [-0.39, 0.29) is 24.0 Å². The van der Waals surface area contributed by atoms with Crippen molar-refractivity contribution >= 4 is 41.0 Å². The summed E-state index contributed by atoms with van der Waals surface area (Å²) in [6.45, 7) is 2.22. The van der Waals surface area contributed by atoms with Crippen LogP contribution in [-0.4, -0.2) is 43.8 Å². The second-order valence-electron chi connectivity index (χ2n) is 7.30. The Labute approximate surface area is 206 Å². The van der Waals surface area contributed by atoms with Crippen LogP contribution in [0.1, 0.15) is 12.5 Å². The Kier molecular flexibility index (Phi) is 8.69. The number of likely N-dealkylation sites (N-methyl/N-ethyl adjacent to an activating group) is 1. The predicted molar refractivity (Wildman–Crippen MR) is 136 cm³/mol. The Morgan fingerprint density at radius 3 is 2.51 bits per heavy atom. The van der Waals surface area contributed by atoms with E-state index in [2.05, 4.69) is 10.6 Å². The fourth-order valence-corrected chi connectivity index (χ4v) is 4.20. The molecule has 0 aliphatic carbocycles. The molecular formula is C25H27N3O6S. The fourth-order valence-electron chi connectivity index (χ4n) is 3.17. The minimum absolute atomic E-state index is 0.130. The maximum absolute atomic E-state index is 12.8. The monoisotopic (exact) mass is 497 g/mol. The highest BCUT2D eigenvalue weighted by Gasteiger charge is 2.10. The van der Waals surface area contributed by atoms with Crippen LogP contribution in [0.4, 0.5) is 5.69 Å². The van der Waals surface area contributed by atoms with Crippen molar-refractivity contribution in [2.24, 2.45) is 7.05 Å². The Balaban J connectivity index is 1.86. The predicted octanol–water partition coefficient (Wildman–Crippen LogP) is 1.23. The highest BCUT2D eigenvalue weighted by Crippen LogP contribution is 2.28. The van der Waals surface area contributed by atoms with Crippen LogP contribution < -0.4 is 39.6 Å². The number of para-hydroxylation sites is 2. The summed E-state index contributed by atoms with van der Waals surface area (Å²) in [7, 11) is 4.63. The Morgan fingerprint density at radius 1 is 1.06 bits per heavy atom. The topological polar surface area (TPSA) is 108 Å². The van der Waals surface area contributed by atoms with Crippen molar-refractivity contribution < 1.29 is 23.8 Å². The number of thiazole rings is 1. The van der Waals surface area contributed by atoms with Crippen molar-refractivity contribution in [3.63, 3.8) is 0 Å². The number of hydrogen-bond donors (Lipinski definition) is 2. The van der Waals surface area contributed by atoms with Crippen LogP contribution in [0.25, 0.3) is 12.2 Å². The number of nitrogens with zero attached hydrogens (tertiary/aromatic N) is 1. The summed E-state index contributed by atoms with van der Waals surface area (Å²) in [6.07, 6.45) is 3.08. The van der Waals surface area contributed by atoms with Crippen molar-refractivity contribution in [1.29, 1.82) is 0 Å². The van der Waals surface area contributed by atoms with E-state index in [1.165, 1.54) is 36.2 Å². The van der Waals surface area contributed by atoms with E-state index in [1.54, 1.807) is 55.6 Å². The van der Waals surface area contributed by atoms with Crippen LogP contribution in [0.15, 0.2) is 47.3 Å². The second kappa shape index (κ2) is 11.9. The number of nitrogens with one attached hydrogen (secondary N) is 2. The number of ether oxygens (including phenoxy) is 3. The van der Waals surface area contributed by atoms with Gasteiger partial charge in [0.1, 0.15) is 10.4 Å². The summed E-state index contributed by atoms with van der Waals surface area (Å²) in [5, 5.41) is 5.43. The van der Waals surface area contributed by atoms with Gasteiger partial charge in [-0.15, -0.1) is 11.3 Å². The van der Waals surface area contributed by atoms with E-state index in [0.717, 1.165) is 0 Å². The molecule has 0 fully saturated rings. The van der Waals surface area contributed by atoms with Gasteiger partial charge in [-0.1, -0.05) is 18.2 Å². The van der Waals surface area contributed by atoms with E-state index in [9.17, 15) is 14.4 Å². The molecule has 184 valence electrons. The van der Waals surface area contributed by atoms with Gasteiger partial charge in [-0.05, 0) is 42.8 Å². The van der Waals surface area contributed by atoms with Gasteiger partial charge < -0.3 is 29.4 Å². The average molecular weight is 498 g/mol. The van der Waals surface area contributed by atoms with Crippen LogP contribution in [0.3, 0.4) is 0 Å². The van der Waals surface area contributed by atoms with Crippen LogP contribution in [0, 0.1) is 0 Å². The Morgan fingerprint density at radius 2 is 1.80 bits per heavy atom. The Bertz CT molecular complexity index is 1390. The van der Waals surface area contributed by atoms with Gasteiger partial charge >= 0.3 is 0 Å². The molecule has 0 spiro atoms. The molecule has 2 aromatic carbocycles. The molecular weight excluding hydrogens is 470 g/mol. The van der Waals surface area contributed by atoms with Gasteiger partial charge in [0.2, 0.25) is 0 Å². The smallest absolute Gasteiger partial charge is 0.268 e. The van der Waals surface area contributed by atoms with Crippen molar-refractivity contribution in [2.45, 2.75) is 6.92 Å². The van der Waals surface area contributed by atoms with Gasteiger partial charge in [0.25, 0.3) is 17.4 Å². The van der Waals surface area contributed by atoms with Crippen LogP contribution in [0.5, 0.6) is 17.2 Å². The number of benzene rings is 2. The van der Waals surface area contributed by atoms with Crippen molar-refractivity contribution in [3.05, 3.63) is 67.6 Å². The van der Waals surface area contributed by atoms with Gasteiger partial charge in [-0.25, -0.2) is 0 Å². The summed E-state index contributed by atoms with van der Waals surface area (Å²) < 4.78 is 18.5. The van der Waals surface area contributed by atoms with Crippen molar-refractivity contribution in [2.75, 3.05) is 32.7 Å². The average Bonchev–Trinajstić information content (AvgIpc) is 3.11. The summed E-state index contributed by atoms with van der Waals surface area (Å²) in [5.41, 5.74) is 1.00. The van der Waals surface area contributed by atoms with Gasteiger partial charge in [0.05, 0.1) is 24.4 Å². The summed E-state index contributed by atoms with van der Waals surface area (Å²) in [4.78, 5) is 37.0. The minimum atomic E-state index is -0.381. The maximum Gasteiger partial charge on any atom is 0.268 e. The molecule has 0 bridgehead atoms. The quantitative estimate of drug-likeness (QED) is 0.461. The van der Waals surface area contributed by atoms with Crippen LogP contribution >= 0.6 is 11.3 Å². The largest absolute Gasteiger partial charge is 0.495 e. The van der Waals surface area contributed by atoms with Gasteiger partial charge in [0.15, 0.2) is 18.1 Å². The van der Waals surface area contributed by atoms with E-state index in [1.807, 2.05) is 6.92 Å². The van der Waals surface area contributed by atoms with Crippen molar-refractivity contribution in [1.82, 2.24) is 9.88 Å². The lowest BCUT2D eigenvalue weighted by Crippen LogP contribution is -2.29. The molecule has 2 N–H and O–H groups in total. The third kappa shape index (κ3) is 6.51. The SMILES string of the molecule is CCNC(=O)COc1ccc(C=c2sc(=CC(=O)Nc3ccccc3OC)n(C)c2=O)cc1OC. The maximum atomic E-state index is 12.8. The summed E-state index contributed by atoms with van der Waals surface area (Å²) in [6, 6.07) is 12.2. The molecule has 3 aromatic rings. The number of amides is 2. The van der Waals surface area contributed by atoms with Crippen LogP contribution in [-0.2, 0) is 16.6 Å². The summed E-state index contributed by atoms with van der Waals surface area (Å²) >= 11 is 1.19. The van der Waals surface area contributed by atoms with Gasteiger partial charge in [-0.3, -0.25) is 14.4 Å². The minimum Gasteiger partial charge on any atom is -0.495 e. The standard InChI is InChI=1S/C25H27N3O6S/c1-5-26-23(30)15-34-19-11-10-16(12-20(19)33-4)13-21-25(31)28(2)24(35-21)14-22(29)27-17-8-6-7-9-18(17)32-3/h6-14H,5,15H2,1-4H3,(H,26,30)(H,27,29). The fraction of sp³-hybridized carbons (Fsp3) is 0.240. The Hall–Kier alpha value is -4.05. The van der Waals surface area contributed by atoms with Gasteiger partial charge in [0, 0.05) is 19.7 Å². The summed E-state index contributed by atoms with van der Waals surface area (Å²) in [5.74, 6) is 0.770. The van der Waals surface area contributed by atoms with Crippen LogP contribution in [0.2, 0.25) is 0 Å². The molecule has 10 heteroatoms. The third-order valence-corrected chi connectivity index (χ3v) is 6.01. The normalized spacial score (nSPS) is 11.8. The van der Waals surface area contributed by atoms with Gasteiger partial charge in [-0.2, -0.15) is 0 Å². The zero-order chi connectivity index (χ0) is 25.4. The zero-order valence-corrected chi connectivity index (χ0v) is 20.7. The number of carbonyl (C=O) groups excluding carboxylic acids is 2. The first kappa shape index (κ1) is 25.6. The van der Waals surface area contributed by atoms with E-state index in [0.29, 0.717) is 44.2 Å². The van der Waals surface area contributed by atoms with E-state index < -0.39 is 0 Å². The first-order valence-electron chi connectivity index (χ1n) is 10.8. The van der Waals surface area contributed by atoms with E-state index in [4.69, 9.17) is 14.2 Å². The molecule has 0 atom stereocenters. The molecule has 3 rings (SSSR count). The molecule has 2 amide bonds. The molecule has 0 aliphatic rings. The second-order valence-corrected chi connectivity index (χ2v) is 8.36. The molecule has 0 saturated heterocycles. The lowest BCUT2D eigenvalue weighted by atomic mass is 10.2. The number of hydrogen-bond acceptors (Lipinski definition) is 7. The molecule has 9 nitrogen and oxygen atoms in total. The molecule has 0 radical (unpaired) electrons. The molecule has 1 heterocycles. The first-order valence-corrected chi connectivity index (χ1v) is 11.6. The number of carbonyl (C=O) groups is 2. The number of rotatable bonds is 9. The molecule has 0 unspecified atom stereocenters. The van der Waals surface area contributed by atoms with Crippen molar-refractivity contribution in [3.8, 4) is 17.2 Å². The number of anilines is 1. The lowest BCUT2D eigenvalue weighted by Gasteiger charge is -2.11. The number of aromatic nitrogens is 1. The highest BCUT2D eigenvalue weighted by molar-refractivity contribution is 7.07.